The SMILES string of the molecule is C=NN(C/C=C/C(=C)C)C(=C)C. The van der Waals surface area contributed by atoms with Crippen LogP contribution < -0.4 is 0 Å². The molecular formula is C10H16N2. The fraction of sp³-hybridized carbons (Fsp3) is 0.300. The first-order valence-corrected chi connectivity index (χ1v) is 3.79. The molecular weight excluding hydrogens is 148 g/mol. The van der Waals surface area contributed by atoms with E-state index in [0.717, 1.165) is 11.3 Å². The van der Waals surface area contributed by atoms with Crippen LogP contribution in [0, 0.1) is 0 Å². The molecule has 0 saturated heterocycles. The molecule has 0 saturated carbocycles. The number of hydrogen-bond donors (Lipinski definition) is 0. The van der Waals surface area contributed by atoms with Gasteiger partial charge in [0.1, 0.15) is 0 Å². The maximum Gasteiger partial charge on any atom is 0.0595 e. The normalized spacial score (nSPS) is 9.83. The average molecular weight is 164 g/mol. The van der Waals surface area contributed by atoms with Crippen molar-refractivity contribution in [3.8, 4) is 0 Å². The summed E-state index contributed by atoms with van der Waals surface area (Å²) in [5.41, 5.74) is 1.91. The third kappa shape index (κ3) is 4.50. The van der Waals surface area contributed by atoms with Crippen LogP contribution >= 0.6 is 0 Å². The lowest BCUT2D eigenvalue weighted by Crippen LogP contribution is -2.13. The van der Waals surface area contributed by atoms with Crippen molar-refractivity contribution in [1.29, 1.82) is 0 Å². The summed E-state index contributed by atoms with van der Waals surface area (Å²) in [6, 6.07) is 0. The Hall–Kier alpha value is -1.31. The first-order chi connectivity index (χ1) is 5.57. The van der Waals surface area contributed by atoms with Gasteiger partial charge in [0.05, 0.1) is 6.54 Å². The van der Waals surface area contributed by atoms with E-state index in [9.17, 15) is 0 Å². The Morgan fingerprint density at radius 1 is 1.42 bits per heavy atom. The maximum atomic E-state index is 3.79. The van der Waals surface area contributed by atoms with Crippen molar-refractivity contribution in [3.63, 3.8) is 0 Å². The van der Waals surface area contributed by atoms with Crippen molar-refractivity contribution in [3.05, 3.63) is 36.6 Å². The Morgan fingerprint density at radius 2 is 2.00 bits per heavy atom. The lowest BCUT2D eigenvalue weighted by atomic mass is 10.3. The zero-order valence-corrected chi connectivity index (χ0v) is 7.88. The lowest BCUT2D eigenvalue weighted by molar-refractivity contribution is 0.411. The van der Waals surface area contributed by atoms with Crippen LogP contribution in [0.3, 0.4) is 0 Å². The van der Waals surface area contributed by atoms with Crippen molar-refractivity contribution in [2.24, 2.45) is 5.10 Å². The molecule has 0 aliphatic rings. The van der Waals surface area contributed by atoms with E-state index in [-0.39, 0.29) is 0 Å². The predicted molar refractivity (Wildman–Crippen MR) is 55.0 cm³/mol. The molecule has 0 aromatic rings. The van der Waals surface area contributed by atoms with Gasteiger partial charge in [-0.05, 0) is 13.8 Å². The van der Waals surface area contributed by atoms with Gasteiger partial charge < -0.3 is 0 Å². The van der Waals surface area contributed by atoms with Gasteiger partial charge in [0, 0.05) is 12.4 Å². The Bertz CT molecular complexity index is 214. The van der Waals surface area contributed by atoms with Crippen molar-refractivity contribution < 1.29 is 0 Å². The van der Waals surface area contributed by atoms with Crippen molar-refractivity contribution in [2.75, 3.05) is 6.54 Å². The molecule has 0 spiro atoms. The van der Waals surface area contributed by atoms with Crippen LogP contribution in [0.5, 0.6) is 0 Å². The molecule has 0 aliphatic carbocycles. The molecule has 0 amide bonds. The van der Waals surface area contributed by atoms with E-state index in [1.54, 1.807) is 5.01 Å². The van der Waals surface area contributed by atoms with Crippen molar-refractivity contribution in [2.45, 2.75) is 13.8 Å². The molecule has 0 aromatic carbocycles. The summed E-state index contributed by atoms with van der Waals surface area (Å²) >= 11 is 0. The molecule has 2 nitrogen and oxygen atoms in total. The first-order valence-electron chi connectivity index (χ1n) is 3.79. The molecule has 0 unspecified atom stereocenters. The fourth-order valence-corrected chi connectivity index (χ4v) is 0.688. The highest BCUT2D eigenvalue weighted by molar-refractivity contribution is 5.23. The molecule has 0 aromatic heterocycles. The number of hydrogen-bond acceptors (Lipinski definition) is 2. The maximum absolute atomic E-state index is 3.79. The molecule has 0 bridgehead atoms. The van der Waals surface area contributed by atoms with Crippen LogP contribution in [-0.4, -0.2) is 18.3 Å². The molecule has 66 valence electrons. The Morgan fingerprint density at radius 3 is 2.33 bits per heavy atom. The van der Waals surface area contributed by atoms with E-state index in [2.05, 4.69) is 25.0 Å². The number of hydrazone groups is 1. The summed E-state index contributed by atoms with van der Waals surface area (Å²) in [7, 11) is 0. The van der Waals surface area contributed by atoms with Crippen LogP contribution in [0.1, 0.15) is 13.8 Å². The molecule has 2 heteroatoms. The monoisotopic (exact) mass is 164 g/mol. The second-order valence-electron chi connectivity index (χ2n) is 2.71. The third-order valence-corrected chi connectivity index (χ3v) is 1.29. The summed E-state index contributed by atoms with van der Waals surface area (Å²) in [4.78, 5) is 0. The van der Waals surface area contributed by atoms with Gasteiger partial charge in [-0.1, -0.05) is 30.9 Å². The van der Waals surface area contributed by atoms with Crippen LogP contribution in [0.15, 0.2) is 41.7 Å². The van der Waals surface area contributed by atoms with Gasteiger partial charge in [-0.25, -0.2) is 0 Å². The molecule has 12 heavy (non-hydrogen) atoms. The van der Waals surface area contributed by atoms with Gasteiger partial charge >= 0.3 is 0 Å². The van der Waals surface area contributed by atoms with Crippen molar-refractivity contribution >= 4 is 6.72 Å². The quantitative estimate of drug-likeness (QED) is 0.346. The second-order valence-corrected chi connectivity index (χ2v) is 2.71. The lowest BCUT2D eigenvalue weighted by Gasteiger charge is -2.15. The second kappa shape index (κ2) is 5.35. The van der Waals surface area contributed by atoms with E-state index in [1.165, 1.54) is 0 Å². The number of allylic oxidation sites excluding steroid dienone is 3. The highest BCUT2D eigenvalue weighted by Gasteiger charge is 1.94. The van der Waals surface area contributed by atoms with Gasteiger partial charge in [-0.2, -0.15) is 5.10 Å². The molecule has 0 rings (SSSR count). The fourth-order valence-electron chi connectivity index (χ4n) is 0.688. The third-order valence-electron chi connectivity index (χ3n) is 1.29. The van der Waals surface area contributed by atoms with E-state index < -0.39 is 0 Å². The Balaban J connectivity index is 3.97. The number of nitrogens with zero attached hydrogens (tertiary/aromatic N) is 2. The molecule has 0 radical (unpaired) electrons. The smallest absolute Gasteiger partial charge is 0.0595 e. The minimum atomic E-state index is 0.700. The molecule has 0 aliphatic heterocycles. The number of rotatable bonds is 5. The van der Waals surface area contributed by atoms with Crippen LogP contribution in [0.25, 0.3) is 0 Å². The largest absolute Gasteiger partial charge is 0.267 e. The average Bonchev–Trinajstić information content (AvgIpc) is 1.96. The highest BCUT2D eigenvalue weighted by atomic mass is 15.4. The van der Waals surface area contributed by atoms with Crippen LogP contribution in [-0.2, 0) is 0 Å². The topological polar surface area (TPSA) is 15.6 Å². The van der Waals surface area contributed by atoms with Gasteiger partial charge in [0.2, 0.25) is 0 Å². The van der Waals surface area contributed by atoms with E-state index in [0.29, 0.717) is 6.54 Å². The highest BCUT2D eigenvalue weighted by Crippen LogP contribution is 2.00. The summed E-state index contributed by atoms with van der Waals surface area (Å²) in [5.74, 6) is 0. The summed E-state index contributed by atoms with van der Waals surface area (Å²) < 4.78 is 0. The zero-order valence-electron chi connectivity index (χ0n) is 7.88. The van der Waals surface area contributed by atoms with Crippen LogP contribution in [0.4, 0.5) is 0 Å². The summed E-state index contributed by atoms with van der Waals surface area (Å²) in [6.45, 7) is 15.5. The minimum Gasteiger partial charge on any atom is -0.267 e. The standard InChI is InChI=1S/C10H16N2/c1-9(2)7-6-8-12(11-5)10(3)4/h6-7H,1,3,5,8H2,2,4H3/b7-6+. The molecule has 0 heterocycles. The van der Waals surface area contributed by atoms with Gasteiger partial charge in [-0.3, -0.25) is 5.01 Å². The minimum absolute atomic E-state index is 0.700. The van der Waals surface area contributed by atoms with Gasteiger partial charge in [0.25, 0.3) is 0 Å². The van der Waals surface area contributed by atoms with Crippen LogP contribution in [0.2, 0.25) is 0 Å². The first kappa shape index (κ1) is 10.7. The van der Waals surface area contributed by atoms with E-state index in [4.69, 9.17) is 0 Å². The Labute approximate surface area is 74.6 Å². The van der Waals surface area contributed by atoms with Gasteiger partial charge in [-0.15, -0.1) is 0 Å². The van der Waals surface area contributed by atoms with E-state index >= 15 is 0 Å². The van der Waals surface area contributed by atoms with E-state index in [1.807, 2.05) is 26.0 Å². The predicted octanol–water partition coefficient (Wildman–Crippen LogP) is 2.57. The van der Waals surface area contributed by atoms with Crippen molar-refractivity contribution in [1.82, 2.24) is 5.01 Å². The Kier molecular flexibility index (Phi) is 4.77. The zero-order chi connectivity index (χ0) is 9.56. The molecule has 0 N–H and O–H groups in total. The summed E-state index contributed by atoms with van der Waals surface area (Å²) in [6.07, 6.45) is 3.92. The molecule has 0 fully saturated rings. The molecule has 0 atom stereocenters. The van der Waals surface area contributed by atoms with Gasteiger partial charge in [0.15, 0.2) is 0 Å². The summed E-state index contributed by atoms with van der Waals surface area (Å²) in [5, 5.41) is 5.51.